The second kappa shape index (κ2) is 8.97. The predicted octanol–water partition coefficient (Wildman–Crippen LogP) is 3.89. The summed E-state index contributed by atoms with van der Waals surface area (Å²) in [6.45, 7) is 3.50. The predicted molar refractivity (Wildman–Crippen MR) is 85.8 cm³/mol. The lowest BCUT2D eigenvalue weighted by Crippen LogP contribution is -2.22. The van der Waals surface area contributed by atoms with Crippen molar-refractivity contribution < 1.29 is 14.3 Å². The summed E-state index contributed by atoms with van der Waals surface area (Å²) in [5.41, 5.74) is 0.317. The largest absolute Gasteiger partial charge is 0.493 e. The quantitative estimate of drug-likeness (QED) is 0.821. The van der Waals surface area contributed by atoms with Gasteiger partial charge in [0, 0.05) is 18.7 Å². The molecule has 0 saturated heterocycles. The van der Waals surface area contributed by atoms with Gasteiger partial charge in [0.2, 0.25) is 0 Å². The molecule has 0 saturated carbocycles. The number of benzene rings is 1. The zero-order valence-electron chi connectivity index (χ0n) is 12.4. The van der Waals surface area contributed by atoms with Crippen LogP contribution in [0.5, 0.6) is 5.75 Å². The topological polar surface area (TPSA) is 50.8 Å². The molecule has 0 heterocycles. The Labute approximate surface area is 135 Å². The summed E-state index contributed by atoms with van der Waals surface area (Å²) < 4.78 is 10.5. The maximum Gasteiger partial charge on any atom is 0.411 e. The highest BCUT2D eigenvalue weighted by Crippen LogP contribution is 2.35. The van der Waals surface area contributed by atoms with Gasteiger partial charge in [0.05, 0.1) is 22.3 Å². The van der Waals surface area contributed by atoms with Crippen LogP contribution in [0.2, 0.25) is 10.0 Å². The third-order valence-electron chi connectivity index (χ3n) is 2.49. The van der Waals surface area contributed by atoms with Gasteiger partial charge < -0.3 is 14.4 Å². The van der Waals surface area contributed by atoms with Crippen molar-refractivity contribution in [3.63, 3.8) is 0 Å². The van der Waals surface area contributed by atoms with Crippen LogP contribution in [-0.4, -0.2) is 44.8 Å². The van der Waals surface area contributed by atoms with Gasteiger partial charge in [0.1, 0.15) is 12.4 Å². The van der Waals surface area contributed by atoms with Crippen LogP contribution in [0.3, 0.4) is 0 Å². The lowest BCUT2D eigenvalue weighted by Gasteiger charge is -2.13. The Hall–Kier alpha value is -1.17. The van der Waals surface area contributed by atoms with Gasteiger partial charge in [-0.15, -0.1) is 0 Å². The Morgan fingerprint density at radius 1 is 1.24 bits per heavy atom. The van der Waals surface area contributed by atoms with Gasteiger partial charge in [0.15, 0.2) is 0 Å². The maximum absolute atomic E-state index is 11.7. The van der Waals surface area contributed by atoms with Crippen LogP contribution in [0.25, 0.3) is 0 Å². The van der Waals surface area contributed by atoms with E-state index >= 15 is 0 Å². The molecule has 5 nitrogen and oxygen atoms in total. The molecule has 0 spiro atoms. The molecule has 1 N–H and O–H groups in total. The first-order valence-electron chi connectivity index (χ1n) is 6.64. The van der Waals surface area contributed by atoms with Crippen LogP contribution in [-0.2, 0) is 4.74 Å². The second-order valence-electron chi connectivity index (χ2n) is 4.67. The summed E-state index contributed by atoms with van der Waals surface area (Å²) in [5.74, 6) is 0.568. The fourth-order valence-electron chi connectivity index (χ4n) is 1.43. The first-order valence-corrected chi connectivity index (χ1v) is 7.40. The average molecular weight is 335 g/mol. The monoisotopic (exact) mass is 334 g/mol. The standard InChI is InChI=1S/C14H20Cl2N2O3/c1-4-6-20-10-8-11(15)13(12(16)9-10)17-14(19)21-7-5-18(2)3/h8-9H,4-7H2,1-3H3,(H,17,19). The number of nitrogens with one attached hydrogen (secondary N) is 1. The summed E-state index contributed by atoms with van der Waals surface area (Å²) in [6, 6.07) is 3.22. The molecule has 118 valence electrons. The van der Waals surface area contributed by atoms with Gasteiger partial charge in [-0.3, -0.25) is 5.32 Å². The van der Waals surface area contributed by atoms with Gasteiger partial charge in [0.25, 0.3) is 0 Å². The first-order chi connectivity index (χ1) is 9.93. The van der Waals surface area contributed by atoms with E-state index in [0.29, 0.717) is 34.6 Å². The van der Waals surface area contributed by atoms with E-state index in [-0.39, 0.29) is 6.61 Å². The van der Waals surface area contributed by atoms with Crippen LogP contribution in [0.15, 0.2) is 12.1 Å². The van der Waals surface area contributed by atoms with E-state index in [1.165, 1.54) is 0 Å². The lowest BCUT2D eigenvalue weighted by molar-refractivity contribution is 0.151. The van der Waals surface area contributed by atoms with Crippen molar-refractivity contribution in [1.29, 1.82) is 0 Å². The molecule has 1 aromatic carbocycles. The van der Waals surface area contributed by atoms with Gasteiger partial charge in [-0.2, -0.15) is 0 Å². The number of hydrogen-bond acceptors (Lipinski definition) is 4. The van der Waals surface area contributed by atoms with E-state index in [4.69, 9.17) is 32.7 Å². The molecule has 0 bridgehead atoms. The van der Waals surface area contributed by atoms with Crippen LogP contribution in [0, 0.1) is 0 Å². The minimum atomic E-state index is -0.595. The van der Waals surface area contributed by atoms with Crippen molar-refractivity contribution in [2.24, 2.45) is 0 Å². The van der Waals surface area contributed by atoms with Crippen LogP contribution >= 0.6 is 23.2 Å². The van der Waals surface area contributed by atoms with Crippen molar-refractivity contribution in [3.8, 4) is 5.75 Å². The Balaban J connectivity index is 2.64. The van der Waals surface area contributed by atoms with Crippen LogP contribution < -0.4 is 10.1 Å². The molecule has 7 heteroatoms. The highest BCUT2D eigenvalue weighted by molar-refractivity contribution is 6.39. The molecule has 0 aliphatic rings. The molecule has 0 aliphatic heterocycles. The second-order valence-corrected chi connectivity index (χ2v) is 5.49. The highest BCUT2D eigenvalue weighted by atomic mass is 35.5. The highest BCUT2D eigenvalue weighted by Gasteiger charge is 2.13. The van der Waals surface area contributed by atoms with Gasteiger partial charge in [-0.25, -0.2) is 4.79 Å². The normalized spacial score (nSPS) is 10.6. The fraction of sp³-hybridized carbons (Fsp3) is 0.500. The Kier molecular flexibility index (Phi) is 7.64. The van der Waals surface area contributed by atoms with Crippen molar-refractivity contribution in [3.05, 3.63) is 22.2 Å². The third-order valence-corrected chi connectivity index (χ3v) is 3.08. The number of amides is 1. The number of likely N-dealkylation sites (N-methyl/N-ethyl adjacent to an activating group) is 1. The van der Waals surface area contributed by atoms with Crippen LogP contribution in [0.1, 0.15) is 13.3 Å². The Morgan fingerprint density at radius 3 is 2.38 bits per heavy atom. The van der Waals surface area contributed by atoms with Crippen molar-refractivity contribution in [2.75, 3.05) is 39.2 Å². The summed E-state index contributed by atoms with van der Waals surface area (Å²) in [5, 5.41) is 3.14. The summed E-state index contributed by atoms with van der Waals surface area (Å²) in [6.07, 6.45) is 0.288. The van der Waals surface area contributed by atoms with Crippen molar-refractivity contribution >= 4 is 35.0 Å². The number of ether oxygens (including phenoxy) is 2. The van der Waals surface area contributed by atoms with Gasteiger partial charge >= 0.3 is 6.09 Å². The average Bonchev–Trinajstić information content (AvgIpc) is 2.40. The number of hydrogen-bond donors (Lipinski definition) is 1. The molecule has 0 atom stereocenters. The maximum atomic E-state index is 11.7. The van der Waals surface area contributed by atoms with Gasteiger partial charge in [-0.1, -0.05) is 30.1 Å². The molecule has 1 aromatic rings. The molecular formula is C14H20Cl2N2O3. The Bertz CT molecular complexity index is 458. The molecule has 21 heavy (non-hydrogen) atoms. The molecule has 1 amide bonds. The van der Waals surface area contributed by atoms with E-state index in [1.54, 1.807) is 12.1 Å². The van der Waals surface area contributed by atoms with Gasteiger partial charge in [-0.05, 0) is 20.5 Å². The zero-order valence-corrected chi connectivity index (χ0v) is 13.9. The molecule has 0 aliphatic carbocycles. The van der Waals surface area contributed by atoms with Crippen molar-refractivity contribution in [1.82, 2.24) is 4.90 Å². The van der Waals surface area contributed by atoms with E-state index in [2.05, 4.69) is 5.32 Å². The number of nitrogens with zero attached hydrogens (tertiary/aromatic N) is 1. The minimum absolute atomic E-state index is 0.283. The molecule has 0 fully saturated rings. The molecular weight excluding hydrogens is 315 g/mol. The van der Waals surface area contributed by atoms with E-state index < -0.39 is 6.09 Å². The summed E-state index contributed by atoms with van der Waals surface area (Å²) in [7, 11) is 3.79. The molecule has 1 rings (SSSR count). The SMILES string of the molecule is CCCOc1cc(Cl)c(NC(=O)OCCN(C)C)c(Cl)c1. The smallest absolute Gasteiger partial charge is 0.411 e. The number of carbonyl (C=O) groups is 1. The zero-order chi connectivity index (χ0) is 15.8. The minimum Gasteiger partial charge on any atom is -0.493 e. The number of anilines is 1. The summed E-state index contributed by atoms with van der Waals surface area (Å²) >= 11 is 12.2. The lowest BCUT2D eigenvalue weighted by atomic mass is 10.3. The summed E-state index contributed by atoms with van der Waals surface area (Å²) in [4.78, 5) is 13.6. The third kappa shape index (κ3) is 6.42. The van der Waals surface area contributed by atoms with E-state index in [1.807, 2.05) is 25.9 Å². The number of carbonyl (C=O) groups excluding carboxylic acids is 1. The fourth-order valence-corrected chi connectivity index (χ4v) is 1.99. The molecule has 0 unspecified atom stereocenters. The van der Waals surface area contributed by atoms with E-state index in [0.717, 1.165) is 6.42 Å². The number of halogens is 2. The first kappa shape index (κ1) is 17.9. The van der Waals surface area contributed by atoms with Crippen LogP contribution in [0.4, 0.5) is 10.5 Å². The van der Waals surface area contributed by atoms with E-state index in [9.17, 15) is 4.79 Å². The Morgan fingerprint density at radius 2 is 1.86 bits per heavy atom. The molecule has 0 aromatic heterocycles. The molecule has 0 radical (unpaired) electrons. The van der Waals surface area contributed by atoms with Crippen molar-refractivity contribution in [2.45, 2.75) is 13.3 Å². The number of rotatable bonds is 7.